The summed E-state index contributed by atoms with van der Waals surface area (Å²) in [5, 5.41) is 11.7. The van der Waals surface area contributed by atoms with Crippen molar-refractivity contribution in [3.63, 3.8) is 0 Å². The fourth-order valence-electron chi connectivity index (χ4n) is 3.37. The maximum Gasteiger partial charge on any atom is 0.119 e. The number of aryl methyl sites for hydroxylation is 1. The van der Waals surface area contributed by atoms with Crippen molar-refractivity contribution in [2.75, 3.05) is 13.7 Å². The summed E-state index contributed by atoms with van der Waals surface area (Å²) in [7, 11) is 1.69. The van der Waals surface area contributed by atoms with E-state index in [1.807, 2.05) is 18.2 Å². The zero-order valence-electron chi connectivity index (χ0n) is 15.8. The average molecular weight is 372 g/mol. The average Bonchev–Trinajstić information content (AvgIpc) is 2.88. The third kappa shape index (κ3) is 3.74. The molecule has 3 nitrogen and oxygen atoms in total. The molecule has 2 aromatic carbocycles. The molecule has 1 aromatic heterocycles. The molecule has 0 spiro atoms. The maximum absolute atomic E-state index is 9.77. The van der Waals surface area contributed by atoms with Gasteiger partial charge in [-0.3, -0.25) is 0 Å². The highest BCUT2D eigenvalue weighted by Gasteiger charge is 2.23. The first-order valence-corrected chi connectivity index (χ1v) is 9.23. The first-order chi connectivity index (χ1) is 12.3. The van der Waals surface area contributed by atoms with Gasteiger partial charge in [0.05, 0.1) is 7.11 Å². The molecule has 0 unspecified atom stereocenters. The summed E-state index contributed by atoms with van der Waals surface area (Å²) in [6, 6.07) is 14.2. The number of halogens is 1. The number of methoxy groups -OCH3 is 1. The summed E-state index contributed by atoms with van der Waals surface area (Å²) in [6.45, 7) is 7.26. The van der Waals surface area contributed by atoms with Crippen LogP contribution in [0.3, 0.4) is 0 Å². The Hall–Kier alpha value is -1.97. The topological polar surface area (TPSA) is 34.4 Å². The molecule has 3 rings (SSSR count). The monoisotopic (exact) mass is 371 g/mol. The van der Waals surface area contributed by atoms with E-state index in [1.54, 1.807) is 7.11 Å². The number of hydrogen-bond acceptors (Lipinski definition) is 2. The van der Waals surface area contributed by atoms with Gasteiger partial charge in [0.2, 0.25) is 0 Å². The molecule has 1 heterocycles. The van der Waals surface area contributed by atoms with Crippen molar-refractivity contribution >= 4 is 22.5 Å². The molecular formula is C22H26ClNO2. The molecule has 26 heavy (non-hydrogen) atoms. The molecule has 0 aliphatic carbocycles. The highest BCUT2D eigenvalue weighted by Crippen LogP contribution is 2.33. The predicted molar refractivity (Wildman–Crippen MR) is 108 cm³/mol. The van der Waals surface area contributed by atoms with Gasteiger partial charge in [-0.1, -0.05) is 37.6 Å². The molecule has 0 atom stereocenters. The first kappa shape index (κ1) is 18.8. The number of fused-ring (bicyclic) bond motifs is 1. The number of nitrogens with zero attached hydrogens (tertiary/aromatic N) is 1. The molecule has 0 fully saturated rings. The summed E-state index contributed by atoms with van der Waals surface area (Å²) in [4.78, 5) is 0. The molecule has 4 heteroatoms. The largest absolute Gasteiger partial charge is 0.497 e. The van der Waals surface area contributed by atoms with Gasteiger partial charge in [0, 0.05) is 34.8 Å². The van der Waals surface area contributed by atoms with Crippen molar-refractivity contribution in [3.8, 4) is 5.75 Å². The molecule has 0 radical (unpaired) electrons. The van der Waals surface area contributed by atoms with E-state index in [9.17, 15) is 5.11 Å². The van der Waals surface area contributed by atoms with Crippen LogP contribution in [0.15, 0.2) is 42.5 Å². The lowest BCUT2D eigenvalue weighted by molar-refractivity contribution is 0.157. The Labute approximate surface area is 160 Å². The minimum Gasteiger partial charge on any atom is -0.497 e. The van der Waals surface area contributed by atoms with E-state index in [2.05, 4.69) is 49.6 Å². The van der Waals surface area contributed by atoms with E-state index in [0.717, 1.165) is 23.7 Å². The maximum atomic E-state index is 9.77. The highest BCUT2D eigenvalue weighted by molar-refractivity contribution is 6.30. The molecule has 3 aromatic rings. The van der Waals surface area contributed by atoms with Gasteiger partial charge in [-0.25, -0.2) is 0 Å². The van der Waals surface area contributed by atoms with Crippen molar-refractivity contribution < 1.29 is 9.84 Å². The number of hydrogen-bond donors (Lipinski definition) is 1. The second kappa shape index (κ2) is 7.34. The smallest absolute Gasteiger partial charge is 0.119 e. The van der Waals surface area contributed by atoms with E-state index in [0.29, 0.717) is 0 Å². The van der Waals surface area contributed by atoms with Crippen LogP contribution >= 0.6 is 11.6 Å². The fraction of sp³-hybridized carbons (Fsp3) is 0.364. The quantitative estimate of drug-likeness (QED) is 0.644. The van der Waals surface area contributed by atoms with Gasteiger partial charge < -0.3 is 14.4 Å². The molecule has 0 aliphatic rings. The van der Waals surface area contributed by atoms with Crippen LogP contribution in [0.5, 0.6) is 5.75 Å². The Morgan fingerprint density at radius 3 is 2.42 bits per heavy atom. The normalized spacial score (nSPS) is 11.9. The van der Waals surface area contributed by atoms with Gasteiger partial charge >= 0.3 is 0 Å². The van der Waals surface area contributed by atoms with Gasteiger partial charge in [-0.15, -0.1) is 0 Å². The van der Waals surface area contributed by atoms with Crippen LogP contribution in [0.2, 0.25) is 5.02 Å². The Kier molecular flexibility index (Phi) is 5.31. The van der Waals surface area contributed by atoms with Gasteiger partial charge in [-0.2, -0.15) is 0 Å². The minimum atomic E-state index is -0.180. The Morgan fingerprint density at radius 2 is 1.81 bits per heavy atom. The third-order valence-corrected chi connectivity index (χ3v) is 5.24. The molecule has 0 aliphatic heterocycles. The number of ether oxygens (including phenoxy) is 1. The van der Waals surface area contributed by atoms with Crippen LogP contribution < -0.4 is 4.74 Å². The van der Waals surface area contributed by atoms with Crippen LogP contribution in [0.1, 0.15) is 30.7 Å². The third-order valence-electron chi connectivity index (χ3n) is 4.99. The van der Waals surface area contributed by atoms with Crippen LogP contribution in [0, 0.1) is 12.3 Å². The summed E-state index contributed by atoms with van der Waals surface area (Å²) in [5.41, 5.74) is 4.70. The van der Waals surface area contributed by atoms with Crippen LogP contribution in [0.4, 0.5) is 0 Å². The zero-order valence-corrected chi connectivity index (χ0v) is 16.6. The SMILES string of the molecule is COc1ccc2c(c1)c(C)c(CC(C)(C)CO)n2Cc1ccc(Cl)cc1. The standard InChI is InChI=1S/C22H26ClNO2/c1-15-19-11-18(26-4)9-10-20(19)24(21(15)12-22(2,3)14-25)13-16-5-7-17(23)8-6-16/h5-11,25H,12-14H2,1-4H3. The summed E-state index contributed by atoms with van der Waals surface area (Å²) in [5.74, 6) is 0.859. The Balaban J connectivity index is 2.15. The number of aliphatic hydroxyl groups is 1. The highest BCUT2D eigenvalue weighted by atomic mass is 35.5. The zero-order chi connectivity index (χ0) is 18.9. The minimum absolute atomic E-state index is 0.151. The van der Waals surface area contributed by atoms with Crippen molar-refractivity contribution in [3.05, 3.63) is 64.3 Å². The van der Waals surface area contributed by atoms with E-state index in [4.69, 9.17) is 16.3 Å². The fourth-order valence-corrected chi connectivity index (χ4v) is 3.50. The number of rotatable bonds is 6. The number of aromatic nitrogens is 1. The summed E-state index contributed by atoms with van der Waals surface area (Å²) in [6.07, 6.45) is 0.805. The van der Waals surface area contributed by atoms with Crippen LogP contribution in [-0.2, 0) is 13.0 Å². The molecule has 138 valence electrons. The second-order valence-corrected chi connectivity index (χ2v) is 8.10. The Morgan fingerprint density at radius 1 is 1.12 bits per heavy atom. The van der Waals surface area contributed by atoms with E-state index >= 15 is 0 Å². The molecule has 1 N–H and O–H groups in total. The first-order valence-electron chi connectivity index (χ1n) is 8.85. The number of benzene rings is 2. The van der Waals surface area contributed by atoms with Crippen molar-refractivity contribution in [2.24, 2.45) is 5.41 Å². The number of aliphatic hydroxyl groups excluding tert-OH is 1. The molecule has 0 amide bonds. The van der Waals surface area contributed by atoms with Crippen molar-refractivity contribution in [1.82, 2.24) is 4.57 Å². The lowest BCUT2D eigenvalue weighted by Crippen LogP contribution is -2.22. The summed E-state index contributed by atoms with van der Waals surface area (Å²) < 4.78 is 7.77. The van der Waals surface area contributed by atoms with Crippen molar-refractivity contribution in [1.29, 1.82) is 0 Å². The van der Waals surface area contributed by atoms with Gasteiger partial charge in [-0.05, 0) is 60.2 Å². The predicted octanol–water partition coefficient (Wildman–Crippen LogP) is 5.22. The molecule has 0 saturated heterocycles. The van der Waals surface area contributed by atoms with E-state index < -0.39 is 0 Å². The van der Waals surface area contributed by atoms with Gasteiger partial charge in [0.25, 0.3) is 0 Å². The Bertz CT molecular complexity index is 910. The van der Waals surface area contributed by atoms with Gasteiger partial charge in [0.1, 0.15) is 5.75 Å². The van der Waals surface area contributed by atoms with Crippen LogP contribution in [0.25, 0.3) is 10.9 Å². The lowest BCUT2D eigenvalue weighted by atomic mass is 9.87. The molecule has 0 bridgehead atoms. The molecular weight excluding hydrogens is 346 g/mol. The van der Waals surface area contributed by atoms with Gasteiger partial charge in [0.15, 0.2) is 0 Å². The van der Waals surface area contributed by atoms with Crippen molar-refractivity contribution in [2.45, 2.75) is 33.7 Å². The molecule has 0 saturated carbocycles. The lowest BCUT2D eigenvalue weighted by Gasteiger charge is -2.23. The summed E-state index contributed by atoms with van der Waals surface area (Å²) >= 11 is 6.04. The van der Waals surface area contributed by atoms with E-state index in [-0.39, 0.29) is 12.0 Å². The second-order valence-electron chi connectivity index (χ2n) is 7.67. The van der Waals surface area contributed by atoms with E-state index in [1.165, 1.54) is 27.7 Å². The van der Waals surface area contributed by atoms with Crippen LogP contribution in [-0.4, -0.2) is 23.4 Å².